The van der Waals surface area contributed by atoms with Crippen LogP contribution in [0.5, 0.6) is 0 Å². The molecule has 0 spiro atoms. The average Bonchev–Trinajstić information content (AvgIpc) is 3.04. The zero-order chi connectivity index (χ0) is 13.7. The van der Waals surface area contributed by atoms with Crippen LogP contribution < -0.4 is 5.32 Å². The van der Waals surface area contributed by atoms with E-state index in [2.05, 4.69) is 43.0 Å². The highest BCUT2D eigenvalue weighted by Gasteiger charge is 2.18. The van der Waals surface area contributed by atoms with E-state index in [9.17, 15) is 0 Å². The summed E-state index contributed by atoms with van der Waals surface area (Å²) in [6, 6.07) is 3.49. The molecular weight excluding hydrogens is 234 g/mol. The first-order chi connectivity index (χ1) is 9.20. The maximum absolute atomic E-state index is 4.77. The Bertz CT molecular complexity index is 364. The van der Waals surface area contributed by atoms with E-state index in [0.717, 1.165) is 13.0 Å². The zero-order valence-corrected chi connectivity index (χ0v) is 12.7. The van der Waals surface area contributed by atoms with Crippen molar-refractivity contribution >= 4 is 0 Å². The van der Waals surface area contributed by atoms with Gasteiger partial charge in [-0.2, -0.15) is 5.10 Å². The maximum Gasteiger partial charge on any atom is 0.0625 e. The van der Waals surface area contributed by atoms with E-state index in [-0.39, 0.29) is 0 Å². The molecule has 0 radical (unpaired) electrons. The Morgan fingerprint density at radius 3 is 2.74 bits per heavy atom. The summed E-state index contributed by atoms with van der Waals surface area (Å²) in [7, 11) is 0. The van der Waals surface area contributed by atoms with Crippen molar-refractivity contribution in [2.45, 2.75) is 71.4 Å². The van der Waals surface area contributed by atoms with Crippen LogP contribution in [0.1, 0.15) is 64.6 Å². The SMILES string of the molecule is CCNC(CCc1ccn(C2CCCC2)n1)C(C)C. The van der Waals surface area contributed by atoms with Gasteiger partial charge in [0.25, 0.3) is 0 Å². The second-order valence-electron chi connectivity index (χ2n) is 6.17. The Hall–Kier alpha value is -0.830. The van der Waals surface area contributed by atoms with E-state index in [0.29, 0.717) is 18.0 Å². The van der Waals surface area contributed by atoms with E-state index in [1.165, 1.54) is 37.8 Å². The van der Waals surface area contributed by atoms with Gasteiger partial charge in [0.2, 0.25) is 0 Å². The van der Waals surface area contributed by atoms with Crippen LogP contribution >= 0.6 is 0 Å². The Kier molecular flexibility index (Phi) is 5.44. The number of hydrogen-bond acceptors (Lipinski definition) is 2. The molecule has 3 heteroatoms. The van der Waals surface area contributed by atoms with Gasteiger partial charge in [-0.1, -0.05) is 33.6 Å². The molecule has 0 bridgehead atoms. The van der Waals surface area contributed by atoms with Gasteiger partial charge >= 0.3 is 0 Å². The number of aryl methyl sites for hydroxylation is 1. The van der Waals surface area contributed by atoms with Gasteiger partial charge in [0.1, 0.15) is 0 Å². The highest BCUT2D eigenvalue weighted by molar-refractivity contribution is 5.01. The topological polar surface area (TPSA) is 29.9 Å². The number of hydrogen-bond donors (Lipinski definition) is 1. The van der Waals surface area contributed by atoms with Crippen LogP contribution in [-0.4, -0.2) is 22.4 Å². The van der Waals surface area contributed by atoms with Gasteiger partial charge in [0, 0.05) is 12.2 Å². The number of rotatable bonds is 7. The monoisotopic (exact) mass is 263 g/mol. The van der Waals surface area contributed by atoms with Crippen molar-refractivity contribution in [1.82, 2.24) is 15.1 Å². The summed E-state index contributed by atoms with van der Waals surface area (Å²) < 4.78 is 2.21. The van der Waals surface area contributed by atoms with Crippen molar-refractivity contribution in [2.24, 2.45) is 5.92 Å². The summed E-state index contributed by atoms with van der Waals surface area (Å²) in [6.45, 7) is 7.83. The molecule has 1 aliphatic rings. The van der Waals surface area contributed by atoms with Gasteiger partial charge in [-0.05, 0) is 44.2 Å². The molecule has 1 atom stereocenters. The lowest BCUT2D eigenvalue weighted by molar-refractivity contribution is 0.382. The van der Waals surface area contributed by atoms with Gasteiger partial charge in [0.15, 0.2) is 0 Å². The first kappa shape index (κ1) is 14.6. The molecule has 2 rings (SSSR count). The van der Waals surface area contributed by atoms with E-state index in [1.54, 1.807) is 0 Å². The van der Waals surface area contributed by atoms with Crippen molar-refractivity contribution in [2.75, 3.05) is 6.54 Å². The summed E-state index contributed by atoms with van der Waals surface area (Å²) in [5, 5.41) is 8.35. The summed E-state index contributed by atoms with van der Waals surface area (Å²) >= 11 is 0. The minimum atomic E-state index is 0.613. The number of aromatic nitrogens is 2. The molecule has 0 saturated heterocycles. The van der Waals surface area contributed by atoms with Crippen molar-refractivity contribution in [3.8, 4) is 0 Å². The van der Waals surface area contributed by atoms with E-state index in [4.69, 9.17) is 5.10 Å². The van der Waals surface area contributed by atoms with Crippen LogP contribution in [0.25, 0.3) is 0 Å². The second-order valence-corrected chi connectivity index (χ2v) is 6.17. The molecule has 1 aromatic rings. The molecule has 1 aliphatic carbocycles. The Morgan fingerprint density at radius 1 is 1.37 bits per heavy atom. The van der Waals surface area contributed by atoms with Gasteiger partial charge in [-0.25, -0.2) is 0 Å². The van der Waals surface area contributed by atoms with Crippen LogP contribution in [0.4, 0.5) is 0 Å². The molecule has 0 aromatic carbocycles. The molecule has 1 saturated carbocycles. The van der Waals surface area contributed by atoms with E-state index >= 15 is 0 Å². The zero-order valence-electron chi connectivity index (χ0n) is 12.7. The Morgan fingerprint density at radius 2 is 2.11 bits per heavy atom. The van der Waals surface area contributed by atoms with Gasteiger partial charge in [-0.15, -0.1) is 0 Å². The molecule has 3 nitrogen and oxygen atoms in total. The lowest BCUT2D eigenvalue weighted by atomic mass is 9.98. The third-order valence-corrected chi connectivity index (χ3v) is 4.34. The number of nitrogens with zero attached hydrogens (tertiary/aromatic N) is 2. The molecule has 1 aromatic heterocycles. The highest BCUT2D eigenvalue weighted by atomic mass is 15.3. The molecule has 1 fully saturated rings. The molecule has 1 N–H and O–H groups in total. The Balaban J connectivity index is 1.85. The van der Waals surface area contributed by atoms with E-state index < -0.39 is 0 Å². The summed E-state index contributed by atoms with van der Waals surface area (Å²) in [5.41, 5.74) is 1.26. The fourth-order valence-corrected chi connectivity index (χ4v) is 3.12. The normalized spacial score (nSPS) is 18.3. The second kappa shape index (κ2) is 7.09. The lowest BCUT2D eigenvalue weighted by Crippen LogP contribution is -2.34. The number of nitrogens with one attached hydrogen (secondary N) is 1. The average molecular weight is 263 g/mol. The molecule has 108 valence electrons. The highest BCUT2D eigenvalue weighted by Crippen LogP contribution is 2.28. The fourth-order valence-electron chi connectivity index (χ4n) is 3.12. The van der Waals surface area contributed by atoms with Crippen LogP contribution in [0.2, 0.25) is 0 Å². The predicted molar refractivity (Wildman–Crippen MR) is 80.4 cm³/mol. The quantitative estimate of drug-likeness (QED) is 0.815. The fraction of sp³-hybridized carbons (Fsp3) is 0.812. The van der Waals surface area contributed by atoms with Crippen LogP contribution in [0.3, 0.4) is 0 Å². The summed E-state index contributed by atoms with van der Waals surface area (Å²) in [6.07, 6.45) is 9.83. The molecule has 1 heterocycles. The third-order valence-electron chi connectivity index (χ3n) is 4.34. The standard InChI is InChI=1S/C16H29N3/c1-4-17-16(13(2)3)10-9-14-11-12-19(18-14)15-7-5-6-8-15/h11-13,15-17H,4-10H2,1-3H3. The van der Waals surface area contributed by atoms with Gasteiger partial charge < -0.3 is 5.32 Å². The van der Waals surface area contributed by atoms with Gasteiger partial charge in [0.05, 0.1) is 11.7 Å². The van der Waals surface area contributed by atoms with Gasteiger partial charge in [-0.3, -0.25) is 4.68 Å². The largest absolute Gasteiger partial charge is 0.314 e. The van der Waals surface area contributed by atoms with Crippen molar-refractivity contribution in [3.05, 3.63) is 18.0 Å². The smallest absolute Gasteiger partial charge is 0.0625 e. The molecule has 19 heavy (non-hydrogen) atoms. The lowest BCUT2D eigenvalue weighted by Gasteiger charge is -2.21. The van der Waals surface area contributed by atoms with Crippen LogP contribution in [0.15, 0.2) is 12.3 Å². The maximum atomic E-state index is 4.77. The van der Waals surface area contributed by atoms with Crippen LogP contribution in [-0.2, 0) is 6.42 Å². The van der Waals surface area contributed by atoms with Crippen molar-refractivity contribution in [1.29, 1.82) is 0 Å². The van der Waals surface area contributed by atoms with Crippen molar-refractivity contribution < 1.29 is 0 Å². The summed E-state index contributed by atoms with van der Waals surface area (Å²) in [4.78, 5) is 0. The first-order valence-corrected chi connectivity index (χ1v) is 7.98. The Labute approximate surface area is 117 Å². The molecule has 1 unspecified atom stereocenters. The molecule has 0 aliphatic heterocycles. The first-order valence-electron chi connectivity index (χ1n) is 7.98. The van der Waals surface area contributed by atoms with E-state index in [1.807, 2.05) is 0 Å². The van der Waals surface area contributed by atoms with Crippen LogP contribution in [0, 0.1) is 5.92 Å². The minimum absolute atomic E-state index is 0.613. The molecule has 0 amide bonds. The minimum Gasteiger partial charge on any atom is -0.314 e. The summed E-state index contributed by atoms with van der Waals surface area (Å²) in [5.74, 6) is 0.692. The molecular formula is C16H29N3. The third kappa shape index (κ3) is 4.07. The van der Waals surface area contributed by atoms with Crippen molar-refractivity contribution in [3.63, 3.8) is 0 Å². The predicted octanol–water partition coefficient (Wildman–Crippen LogP) is 3.56.